The highest BCUT2D eigenvalue weighted by molar-refractivity contribution is 9.10. The molecule has 1 aromatic heterocycles. The van der Waals surface area contributed by atoms with E-state index in [1.807, 2.05) is 0 Å². The minimum absolute atomic E-state index is 0.117. The zero-order valence-corrected chi connectivity index (χ0v) is 15.8. The molecule has 0 atom stereocenters. The van der Waals surface area contributed by atoms with Crippen LogP contribution >= 0.6 is 15.9 Å². The Morgan fingerprint density at radius 3 is 2.59 bits per heavy atom. The molecule has 0 saturated heterocycles. The first-order valence-electron chi connectivity index (χ1n) is 7.97. The van der Waals surface area contributed by atoms with E-state index in [1.54, 1.807) is 43.3 Å². The number of nitrogens with zero attached hydrogens (tertiary/aromatic N) is 2. The Morgan fingerprint density at radius 1 is 1.22 bits per heavy atom. The van der Waals surface area contributed by atoms with Gasteiger partial charge in [-0.1, -0.05) is 28.1 Å². The predicted octanol–water partition coefficient (Wildman–Crippen LogP) is 3.14. The van der Waals surface area contributed by atoms with Crippen molar-refractivity contribution >= 4 is 21.6 Å². The fourth-order valence-corrected chi connectivity index (χ4v) is 2.87. The molecule has 3 aromatic rings. The van der Waals surface area contributed by atoms with E-state index in [9.17, 15) is 19.1 Å². The molecular weight excluding hydrogens is 417 g/mol. The summed E-state index contributed by atoms with van der Waals surface area (Å²) in [5, 5.41) is 10.6. The fraction of sp³-hybridized carbons (Fsp3) is 0.105. The molecule has 8 heteroatoms. The van der Waals surface area contributed by atoms with Gasteiger partial charge in [0.05, 0.1) is 17.9 Å². The molecule has 3 rings (SSSR count). The molecule has 27 heavy (non-hydrogen) atoms. The number of benzene rings is 2. The Kier molecular flexibility index (Phi) is 5.36. The molecule has 0 aliphatic rings. The first-order valence-corrected chi connectivity index (χ1v) is 8.76. The molecule has 0 spiro atoms. The Bertz CT molecular complexity index is 1130. The zero-order chi connectivity index (χ0) is 19.6. The standard InChI is InChI=1S/C19H15BrFN3O3/c1-11(22-10-12-3-2-4-14(21)9-12)16-17(25)23-19(27)24(18(16)26)15-7-5-13(20)6-8-15/h2-9,26H,10H2,1H3,(H,23,25,27). The predicted molar refractivity (Wildman–Crippen MR) is 104 cm³/mol. The minimum Gasteiger partial charge on any atom is -0.493 e. The van der Waals surface area contributed by atoms with Crippen LogP contribution in [0.4, 0.5) is 4.39 Å². The van der Waals surface area contributed by atoms with E-state index >= 15 is 0 Å². The molecule has 0 amide bonds. The van der Waals surface area contributed by atoms with Crippen molar-refractivity contribution in [3.63, 3.8) is 0 Å². The third kappa shape index (κ3) is 4.06. The van der Waals surface area contributed by atoms with Crippen molar-refractivity contribution in [2.24, 2.45) is 4.99 Å². The van der Waals surface area contributed by atoms with Crippen LogP contribution in [0.25, 0.3) is 5.69 Å². The molecule has 0 fully saturated rings. The number of aromatic amines is 1. The Morgan fingerprint density at radius 2 is 1.93 bits per heavy atom. The molecule has 1 heterocycles. The molecule has 138 valence electrons. The van der Waals surface area contributed by atoms with Crippen molar-refractivity contribution in [1.82, 2.24) is 9.55 Å². The van der Waals surface area contributed by atoms with Crippen molar-refractivity contribution in [3.8, 4) is 11.6 Å². The molecular formula is C19H15BrFN3O3. The first-order chi connectivity index (χ1) is 12.9. The molecule has 0 aliphatic carbocycles. The van der Waals surface area contributed by atoms with E-state index in [0.717, 1.165) is 9.04 Å². The number of hydrogen-bond acceptors (Lipinski definition) is 4. The van der Waals surface area contributed by atoms with Gasteiger partial charge in [-0.25, -0.2) is 13.8 Å². The summed E-state index contributed by atoms with van der Waals surface area (Å²) in [5.41, 5.74) is -0.395. The second-order valence-corrected chi connectivity index (χ2v) is 6.72. The van der Waals surface area contributed by atoms with Gasteiger partial charge in [-0.15, -0.1) is 0 Å². The van der Waals surface area contributed by atoms with Crippen molar-refractivity contribution < 1.29 is 9.50 Å². The number of aromatic nitrogens is 2. The molecule has 0 radical (unpaired) electrons. The average Bonchev–Trinajstić information content (AvgIpc) is 2.61. The number of aliphatic imine (C=N–C) groups is 1. The highest BCUT2D eigenvalue weighted by Crippen LogP contribution is 2.19. The number of halogens is 2. The number of H-pyrrole nitrogens is 1. The van der Waals surface area contributed by atoms with Gasteiger partial charge in [0.25, 0.3) is 5.56 Å². The monoisotopic (exact) mass is 431 g/mol. The highest BCUT2D eigenvalue weighted by atomic mass is 79.9. The number of rotatable bonds is 4. The molecule has 0 unspecified atom stereocenters. The van der Waals surface area contributed by atoms with Crippen LogP contribution < -0.4 is 11.2 Å². The second kappa shape index (κ2) is 7.71. The van der Waals surface area contributed by atoms with Gasteiger partial charge in [0.2, 0.25) is 5.88 Å². The van der Waals surface area contributed by atoms with E-state index < -0.39 is 17.1 Å². The van der Waals surface area contributed by atoms with Gasteiger partial charge in [0.15, 0.2) is 0 Å². The van der Waals surface area contributed by atoms with Crippen LogP contribution in [0.3, 0.4) is 0 Å². The lowest BCUT2D eigenvalue weighted by molar-refractivity contribution is 0.429. The summed E-state index contributed by atoms with van der Waals surface area (Å²) in [5.74, 6) is -0.892. The zero-order valence-electron chi connectivity index (χ0n) is 14.2. The van der Waals surface area contributed by atoms with E-state index in [4.69, 9.17) is 0 Å². The first kappa shape index (κ1) is 18.8. The minimum atomic E-state index is -0.762. The average molecular weight is 432 g/mol. The molecule has 2 aromatic carbocycles. The van der Waals surface area contributed by atoms with Crippen LogP contribution in [0.5, 0.6) is 5.88 Å². The van der Waals surface area contributed by atoms with Gasteiger partial charge in [-0.05, 0) is 48.9 Å². The van der Waals surface area contributed by atoms with Crippen molar-refractivity contribution in [3.05, 3.63) is 90.8 Å². The van der Waals surface area contributed by atoms with Crippen LogP contribution in [0.1, 0.15) is 18.1 Å². The van der Waals surface area contributed by atoms with Crippen LogP contribution in [0.15, 0.2) is 67.6 Å². The van der Waals surface area contributed by atoms with Crippen molar-refractivity contribution in [2.75, 3.05) is 0 Å². The van der Waals surface area contributed by atoms with Gasteiger partial charge in [-0.3, -0.25) is 14.8 Å². The summed E-state index contributed by atoms with van der Waals surface area (Å²) in [6.07, 6.45) is 0. The third-order valence-corrected chi connectivity index (χ3v) is 4.45. The third-order valence-electron chi connectivity index (χ3n) is 3.92. The molecule has 0 saturated carbocycles. The van der Waals surface area contributed by atoms with Gasteiger partial charge in [-0.2, -0.15) is 0 Å². The fourth-order valence-electron chi connectivity index (χ4n) is 2.61. The van der Waals surface area contributed by atoms with Crippen LogP contribution in [0.2, 0.25) is 0 Å². The lowest BCUT2D eigenvalue weighted by Crippen LogP contribution is -2.32. The largest absolute Gasteiger partial charge is 0.493 e. The number of hydrogen-bond donors (Lipinski definition) is 2. The number of nitrogens with one attached hydrogen (secondary N) is 1. The summed E-state index contributed by atoms with van der Waals surface area (Å²) < 4.78 is 15.1. The van der Waals surface area contributed by atoms with Crippen LogP contribution in [0, 0.1) is 5.82 Å². The second-order valence-electron chi connectivity index (χ2n) is 5.80. The smallest absolute Gasteiger partial charge is 0.335 e. The highest BCUT2D eigenvalue weighted by Gasteiger charge is 2.17. The summed E-state index contributed by atoms with van der Waals surface area (Å²) in [4.78, 5) is 30.9. The van der Waals surface area contributed by atoms with E-state index in [0.29, 0.717) is 11.3 Å². The van der Waals surface area contributed by atoms with Crippen LogP contribution in [-0.4, -0.2) is 20.4 Å². The van der Waals surface area contributed by atoms with Gasteiger partial charge in [0.1, 0.15) is 11.4 Å². The van der Waals surface area contributed by atoms with Crippen LogP contribution in [-0.2, 0) is 6.54 Å². The van der Waals surface area contributed by atoms with Gasteiger partial charge < -0.3 is 5.11 Å². The molecule has 2 N–H and O–H groups in total. The lowest BCUT2D eigenvalue weighted by Gasteiger charge is -2.11. The molecule has 0 aliphatic heterocycles. The van der Waals surface area contributed by atoms with Crippen molar-refractivity contribution in [2.45, 2.75) is 13.5 Å². The summed E-state index contributed by atoms with van der Waals surface area (Å²) >= 11 is 3.30. The molecule has 6 nitrogen and oxygen atoms in total. The van der Waals surface area contributed by atoms with E-state index in [1.165, 1.54) is 12.1 Å². The van der Waals surface area contributed by atoms with Gasteiger partial charge >= 0.3 is 5.69 Å². The van der Waals surface area contributed by atoms with Gasteiger partial charge in [0, 0.05) is 4.47 Å². The maximum absolute atomic E-state index is 13.3. The summed E-state index contributed by atoms with van der Waals surface area (Å²) in [6, 6.07) is 12.6. The maximum atomic E-state index is 13.3. The van der Waals surface area contributed by atoms with E-state index in [2.05, 4.69) is 25.9 Å². The Labute approximate surface area is 161 Å². The van der Waals surface area contributed by atoms with E-state index in [-0.39, 0.29) is 23.6 Å². The Balaban J connectivity index is 2.06. The number of aromatic hydroxyl groups is 1. The maximum Gasteiger partial charge on any atom is 0.335 e. The topological polar surface area (TPSA) is 87.4 Å². The quantitative estimate of drug-likeness (QED) is 0.621. The Hall–Kier alpha value is -3.00. The summed E-state index contributed by atoms with van der Waals surface area (Å²) in [7, 11) is 0. The normalized spacial score (nSPS) is 11.6. The summed E-state index contributed by atoms with van der Waals surface area (Å²) in [6.45, 7) is 1.67. The van der Waals surface area contributed by atoms with Crippen molar-refractivity contribution in [1.29, 1.82) is 0 Å². The SMILES string of the molecule is CC(=NCc1cccc(F)c1)c1c(O)n(-c2ccc(Br)cc2)c(=O)[nH]c1=O. The molecule has 0 bridgehead atoms. The lowest BCUT2D eigenvalue weighted by atomic mass is 10.2.